The minimum Gasteiger partial charge on any atom is -0.493 e. The van der Waals surface area contributed by atoms with E-state index in [-0.39, 0.29) is 17.2 Å². The lowest BCUT2D eigenvalue weighted by atomic mass is 10.1. The van der Waals surface area contributed by atoms with Gasteiger partial charge in [-0.15, -0.1) is 0 Å². The van der Waals surface area contributed by atoms with Crippen molar-refractivity contribution in [3.05, 3.63) is 118 Å². The Balaban J connectivity index is 1.48. The monoisotopic (exact) mass is 582 g/mol. The van der Waals surface area contributed by atoms with Crippen molar-refractivity contribution in [3.63, 3.8) is 0 Å². The van der Waals surface area contributed by atoms with Crippen LogP contribution in [0.5, 0.6) is 23.0 Å². The van der Waals surface area contributed by atoms with Crippen molar-refractivity contribution in [1.29, 1.82) is 5.26 Å². The van der Waals surface area contributed by atoms with Crippen molar-refractivity contribution in [3.8, 4) is 29.1 Å². The van der Waals surface area contributed by atoms with Gasteiger partial charge in [0.15, 0.2) is 23.0 Å². The summed E-state index contributed by atoms with van der Waals surface area (Å²) < 4.78 is 23.4. The summed E-state index contributed by atoms with van der Waals surface area (Å²) in [5, 5.41) is 12.6. The first-order valence-electron chi connectivity index (χ1n) is 13.3. The fraction of sp³-hybridized carbons (Fsp3) is 0.176. The van der Waals surface area contributed by atoms with E-state index in [9.17, 15) is 10.1 Å². The molecular formula is C34H31ClN2O5. The van der Waals surface area contributed by atoms with Crippen LogP contribution in [0.2, 0.25) is 5.02 Å². The number of rotatable bonds is 12. The van der Waals surface area contributed by atoms with Gasteiger partial charge in [-0.3, -0.25) is 4.79 Å². The van der Waals surface area contributed by atoms with Gasteiger partial charge < -0.3 is 24.3 Å². The molecular weight excluding hydrogens is 552 g/mol. The first-order valence-corrected chi connectivity index (χ1v) is 13.7. The SMILES string of the molecule is CCOc1cc(COc2c(Cl)cc(/C=C(\C#N)C(=O)Nc3cccc(C)c3)cc2OC)ccc1OCc1ccccc1. The zero-order valence-electron chi connectivity index (χ0n) is 23.6. The Kier molecular flexibility index (Phi) is 10.5. The molecule has 0 fully saturated rings. The van der Waals surface area contributed by atoms with E-state index < -0.39 is 5.91 Å². The lowest BCUT2D eigenvalue weighted by molar-refractivity contribution is -0.112. The Morgan fingerprint density at radius 3 is 2.38 bits per heavy atom. The topological polar surface area (TPSA) is 89.8 Å². The summed E-state index contributed by atoms with van der Waals surface area (Å²) in [4.78, 5) is 12.7. The minimum absolute atomic E-state index is 0.0821. The molecule has 0 aliphatic heterocycles. The number of nitrogens with zero attached hydrogens (tertiary/aromatic N) is 1. The summed E-state index contributed by atoms with van der Waals surface area (Å²) in [7, 11) is 1.49. The average molecular weight is 583 g/mol. The van der Waals surface area contributed by atoms with Crippen LogP contribution in [0.4, 0.5) is 5.69 Å². The van der Waals surface area contributed by atoms with Crippen LogP contribution in [0.3, 0.4) is 0 Å². The van der Waals surface area contributed by atoms with E-state index in [0.717, 1.165) is 16.7 Å². The first-order chi connectivity index (χ1) is 20.4. The number of nitrogens with one attached hydrogen (secondary N) is 1. The van der Waals surface area contributed by atoms with Crippen LogP contribution in [-0.4, -0.2) is 19.6 Å². The Morgan fingerprint density at radius 1 is 0.881 bits per heavy atom. The predicted octanol–water partition coefficient (Wildman–Crippen LogP) is 7.76. The largest absolute Gasteiger partial charge is 0.493 e. The van der Waals surface area contributed by atoms with Crippen molar-refractivity contribution in [2.75, 3.05) is 19.0 Å². The highest BCUT2D eigenvalue weighted by Gasteiger charge is 2.16. The second kappa shape index (κ2) is 14.6. The van der Waals surface area contributed by atoms with E-state index in [2.05, 4.69) is 5.32 Å². The number of halogens is 1. The van der Waals surface area contributed by atoms with E-state index in [1.54, 1.807) is 18.2 Å². The standard InChI is InChI=1S/C34H31ClN2O5/c1-4-40-31-18-25(13-14-30(31)41-21-24-10-6-5-7-11-24)22-42-33-29(35)17-26(19-32(33)39-3)16-27(20-36)34(38)37-28-12-8-9-23(2)15-28/h5-19H,4,21-22H2,1-3H3,(H,37,38)/b27-16+. The summed E-state index contributed by atoms with van der Waals surface area (Å²) in [6, 6.07) is 28.1. The van der Waals surface area contributed by atoms with Crippen LogP contribution in [-0.2, 0) is 18.0 Å². The molecule has 0 spiro atoms. The maximum atomic E-state index is 12.7. The highest BCUT2D eigenvalue weighted by Crippen LogP contribution is 2.38. The summed E-state index contributed by atoms with van der Waals surface area (Å²) in [5.74, 6) is 1.41. The highest BCUT2D eigenvalue weighted by molar-refractivity contribution is 6.32. The Hall–Kier alpha value is -4.93. The molecule has 8 heteroatoms. The summed E-state index contributed by atoms with van der Waals surface area (Å²) in [6.07, 6.45) is 1.45. The third-order valence-electron chi connectivity index (χ3n) is 6.13. The molecule has 0 aliphatic carbocycles. The second-order valence-corrected chi connectivity index (χ2v) is 9.71. The van der Waals surface area contributed by atoms with Crippen molar-refractivity contribution in [2.24, 2.45) is 0 Å². The molecule has 214 valence electrons. The summed E-state index contributed by atoms with van der Waals surface area (Å²) in [5.41, 5.74) is 3.92. The maximum absolute atomic E-state index is 12.7. The zero-order valence-corrected chi connectivity index (χ0v) is 24.4. The molecule has 0 heterocycles. The van der Waals surface area contributed by atoms with Gasteiger partial charge in [0.25, 0.3) is 5.91 Å². The average Bonchev–Trinajstić information content (AvgIpc) is 2.99. The molecule has 0 atom stereocenters. The van der Waals surface area contributed by atoms with E-state index in [4.69, 9.17) is 30.5 Å². The van der Waals surface area contributed by atoms with Crippen LogP contribution >= 0.6 is 11.6 Å². The Labute approximate surface area is 250 Å². The van der Waals surface area contributed by atoms with Crippen LogP contribution in [0.15, 0.2) is 90.5 Å². The Morgan fingerprint density at radius 2 is 1.67 bits per heavy atom. The lowest BCUT2D eigenvalue weighted by Gasteiger charge is -2.16. The number of anilines is 1. The fourth-order valence-electron chi connectivity index (χ4n) is 4.12. The summed E-state index contributed by atoms with van der Waals surface area (Å²) >= 11 is 6.58. The molecule has 42 heavy (non-hydrogen) atoms. The molecule has 4 aromatic rings. The van der Waals surface area contributed by atoms with Gasteiger partial charge in [-0.05, 0) is 78.6 Å². The molecule has 1 N–H and O–H groups in total. The molecule has 0 saturated heterocycles. The van der Waals surface area contributed by atoms with Gasteiger partial charge in [-0.1, -0.05) is 60.1 Å². The van der Waals surface area contributed by atoms with Gasteiger partial charge >= 0.3 is 0 Å². The molecule has 0 radical (unpaired) electrons. The van der Waals surface area contributed by atoms with E-state index in [1.165, 1.54) is 13.2 Å². The van der Waals surface area contributed by atoms with Gasteiger partial charge in [0, 0.05) is 5.69 Å². The number of hydrogen-bond donors (Lipinski definition) is 1. The zero-order chi connectivity index (χ0) is 29.9. The molecule has 4 rings (SSSR count). The second-order valence-electron chi connectivity index (χ2n) is 9.30. The van der Waals surface area contributed by atoms with Crippen molar-refractivity contribution in [1.82, 2.24) is 0 Å². The minimum atomic E-state index is -0.528. The molecule has 1 amide bonds. The van der Waals surface area contributed by atoms with E-state index in [0.29, 0.717) is 47.5 Å². The third-order valence-corrected chi connectivity index (χ3v) is 6.41. The van der Waals surface area contributed by atoms with Gasteiger partial charge in [0.1, 0.15) is 24.9 Å². The first kappa shape index (κ1) is 30.0. The molecule has 7 nitrogen and oxygen atoms in total. The fourth-order valence-corrected chi connectivity index (χ4v) is 4.39. The summed E-state index contributed by atoms with van der Waals surface area (Å²) in [6.45, 7) is 4.92. The molecule has 0 aromatic heterocycles. The van der Waals surface area contributed by atoms with Gasteiger partial charge in [0.05, 0.1) is 18.7 Å². The Bertz CT molecular complexity index is 1610. The number of aryl methyl sites for hydroxylation is 1. The predicted molar refractivity (Wildman–Crippen MR) is 164 cm³/mol. The van der Waals surface area contributed by atoms with Gasteiger partial charge in [-0.2, -0.15) is 5.26 Å². The highest BCUT2D eigenvalue weighted by atomic mass is 35.5. The van der Waals surface area contributed by atoms with E-state index >= 15 is 0 Å². The molecule has 0 unspecified atom stereocenters. The van der Waals surface area contributed by atoms with Gasteiger partial charge in [-0.25, -0.2) is 0 Å². The normalized spacial score (nSPS) is 10.9. The third kappa shape index (κ3) is 8.06. The number of ether oxygens (including phenoxy) is 4. The number of carbonyl (C=O) groups excluding carboxylic acids is 1. The number of carbonyl (C=O) groups is 1. The van der Waals surface area contributed by atoms with Crippen LogP contribution in [0.1, 0.15) is 29.2 Å². The molecule has 0 aliphatic rings. The number of benzene rings is 4. The molecule has 0 bridgehead atoms. The molecule has 0 saturated carbocycles. The van der Waals surface area contributed by atoms with Crippen molar-refractivity contribution >= 4 is 29.3 Å². The van der Waals surface area contributed by atoms with Crippen molar-refractivity contribution < 1.29 is 23.7 Å². The quantitative estimate of drug-likeness (QED) is 0.136. The van der Waals surface area contributed by atoms with Crippen molar-refractivity contribution in [2.45, 2.75) is 27.1 Å². The van der Waals surface area contributed by atoms with Crippen LogP contribution in [0.25, 0.3) is 6.08 Å². The maximum Gasteiger partial charge on any atom is 0.266 e. The van der Waals surface area contributed by atoms with E-state index in [1.807, 2.05) is 86.6 Å². The smallest absolute Gasteiger partial charge is 0.266 e. The number of hydrogen-bond acceptors (Lipinski definition) is 6. The van der Waals surface area contributed by atoms with Crippen LogP contribution < -0.4 is 24.3 Å². The van der Waals surface area contributed by atoms with Crippen LogP contribution in [0, 0.1) is 18.3 Å². The number of methoxy groups -OCH3 is 1. The van der Waals surface area contributed by atoms with Gasteiger partial charge in [0.2, 0.25) is 0 Å². The number of amides is 1. The lowest BCUT2D eigenvalue weighted by Crippen LogP contribution is -2.13. The molecule has 4 aromatic carbocycles. The number of nitriles is 1.